The maximum absolute atomic E-state index is 13.9. The fraction of sp³-hybridized carbons (Fsp3) is 0.351. The zero-order valence-corrected chi connectivity index (χ0v) is 27.8. The van der Waals surface area contributed by atoms with Crippen molar-refractivity contribution in [2.75, 3.05) is 12.4 Å². The van der Waals surface area contributed by atoms with Gasteiger partial charge in [0.2, 0.25) is 0 Å². The molecule has 6 rings (SSSR count). The molecular weight excluding hydrogens is 630 g/mol. The quantitative estimate of drug-likeness (QED) is 0.137. The largest absolute Gasteiger partial charge is 0.496 e. The minimum atomic E-state index is -4.38. The lowest BCUT2D eigenvalue weighted by Gasteiger charge is -2.20. The van der Waals surface area contributed by atoms with Gasteiger partial charge in [-0.25, -0.2) is 4.79 Å². The number of nitrogens with zero attached hydrogens (tertiary/aromatic N) is 1. The maximum atomic E-state index is 13.9. The van der Waals surface area contributed by atoms with Crippen LogP contribution in [0.4, 0.5) is 10.5 Å². The average molecular weight is 670 g/mol. The molecule has 1 heterocycles. The molecule has 4 aromatic rings. The summed E-state index contributed by atoms with van der Waals surface area (Å²) >= 11 is 0. The number of ether oxygens (including phenoxy) is 2. The summed E-state index contributed by atoms with van der Waals surface area (Å²) < 4.78 is 39.2. The van der Waals surface area contributed by atoms with Crippen molar-refractivity contribution in [3.05, 3.63) is 89.6 Å². The number of aromatic nitrogens is 1. The first-order valence-corrected chi connectivity index (χ1v) is 17.7. The number of carbonyl (C=O) groups excluding carboxylic acids is 2. The Bertz CT molecular complexity index is 1980. The van der Waals surface area contributed by atoms with Gasteiger partial charge < -0.3 is 19.6 Å². The molecule has 1 atom stereocenters. The highest BCUT2D eigenvalue weighted by Gasteiger charge is 2.33. The number of fused-ring (bicyclic) bond motifs is 1. The molecule has 1 unspecified atom stereocenters. The molecule has 2 fully saturated rings. The lowest BCUT2D eigenvalue weighted by Crippen LogP contribution is -2.34. The van der Waals surface area contributed by atoms with E-state index in [9.17, 15) is 23.1 Å². The second-order valence-corrected chi connectivity index (χ2v) is 14.3. The Hall–Kier alpha value is -4.79. The molecule has 0 aliphatic heterocycles. The van der Waals surface area contributed by atoms with Crippen LogP contribution in [0, 0.1) is 12.0 Å². The van der Waals surface area contributed by atoms with E-state index in [1.165, 1.54) is 25.3 Å². The molecule has 2 aliphatic carbocycles. The van der Waals surface area contributed by atoms with Gasteiger partial charge in [-0.1, -0.05) is 31.2 Å². The van der Waals surface area contributed by atoms with Crippen LogP contribution in [0.2, 0.25) is 0 Å². The number of aliphatic hydroxyl groups is 1. The normalized spacial score (nSPS) is 16.6. The molecule has 48 heavy (non-hydrogen) atoms. The van der Waals surface area contributed by atoms with Crippen molar-refractivity contribution < 1.29 is 32.6 Å². The van der Waals surface area contributed by atoms with Gasteiger partial charge in [0.15, 0.2) is 0 Å². The van der Waals surface area contributed by atoms with Crippen LogP contribution in [-0.2, 0) is 14.8 Å². The molecule has 0 saturated heterocycles. The number of methoxy groups -OCH3 is 1. The summed E-state index contributed by atoms with van der Waals surface area (Å²) in [4.78, 5) is 29.6. The second kappa shape index (κ2) is 13.7. The van der Waals surface area contributed by atoms with Crippen molar-refractivity contribution >= 4 is 38.6 Å². The van der Waals surface area contributed by atoms with E-state index in [0.29, 0.717) is 28.6 Å². The number of carbonyl (C=O) groups is 2. The lowest BCUT2D eigenvalue weighted by molar-refractivity contribution is 0.0902. The number of hydrogen-bond donors (Lipinski definition) is 3. The lowest BCUT2D eigenvalue weighted by atomic mass is 9.91. The summed E-state index contributed by atoms with van der Waals surface area (Å²) in [7, 11) is -2.89. The van der Waals surface area contributed by atoms with Gasteiger partial charge in [0.05, 0.1) is 12.0 Å². The van der Waals surface area contributed by atoms with Crippen molar-refractivity contribution in [1.29, 1.82) is 0 Å². The van der Waals surface area contributed by atoms with Gasteiger partial charge in [-0.05, 0) is 105 Å². The highest BCUT2D eigenvalue weighted by molar-refractivity contribution is 7.89. The minimum absolute atomic E-state index is 0.0462. The number of rotatable bonds is 8. The van der Waals surface area contributed by atoms with E-state index in [1.807, 2.05) is 31.3 Å². The molecular formula is C37H39N3O7S. The number of sulfonamides is 1. The Morgan fingerprint density at radius 3 is 2.44 bits per heavy atom. The van der Waals surface area contributed by atoms with Gasteiger partial charge in [-0.2, -0.15) is 12.7 Å². The highest BCUT2D eigenvalue weighted by atomic mass is 32.2. The first kappa shape index (κ1) is 33.1. The Morgan fingerprint density at radius 2 is 1.73 bits per heavy atom. The SMILES string of the molecule is COc1cc(C(=O)N(C#CC2(O)CCCC2)S(=O)(=O)c2ccccc2)ccc1C(C)c1c[nH]c2ccc(NC(=O)OC3CCCC3)cc12. The topological polar surface area (TPSA) is 138 Å². The molecule has 0 spiro atoms. The fourth-order valence-corrected chi connectivity index (χ4v) is 7.73. The molecule has 3 N–H and O–H groups in total. The Labute approximate surface area is 280 Å². The minimum Gasteiger partial charge on any atom is -0.496 e. The van der Waals surface area contributed by atoms with Crippen molar-refractivity contribution in [1.82, 2.24) is 9.29 Å². The summed E-state index contributed by atoms with van der Waals surface area (Å²) in [6.45, 7) is 2.00. The van der Waals surface area contributed by atoms with Gasteiger partial charge in [0, 0.05) is 45.9 Å². The third kappa shape index (κ3) is 6.91. The molecule has 1 aromatic heterocycles. The Morgan fingerprint density at radius 1 is 1.00 bits per heavy atom. The van der Waals surface area contributed by atoms with Crippen molar-refractivity contribution in [3.63, 3.8) is 0 Å². The van der Waals surface area contributed by atoms with Gasteiger partial charge in [0.1, 0.15) is 17.5 Å². The van der Waals surface area contributed by atoms with Crippen LogP contribution in [0.25, 0.3) is 10.9 Å². The van der Waals surface area contributed by atoms with Crippen LogP contribution >= 0.6 is 0 Å². The zero-order chi connectivity index (χ0) is 33.9. The van der Waals surface area contributed by atoms with Crippen LogP contribution in [0.3, 0.4) is 0 Å². The van der Waals surface area contributed by atoms with Crippen LogP contribution < -0.4 is 10.1 Å². The van der Waals surface area contributed by atoms with Crippen LogP contribution in [-0.4, -0.2) is 53.6 Å². The average Bonchev–Trinajstić information content (AvgIpc) is 3.86. The summed E-state index contributed by atoms with van der Waals surface area (Å²) in [6.07, 6.45) is 7.62. The molecule has 2 aliphatic rings. The van der Waals surface area contributed by atoms with E-state index in [0.717, 1.165) is 60.6 Å². The number of benzene rings is 3. The highest BCUT2D eigenvalue weighted by Crippen LogP contribution is 2.37. The van der Waals surface area contributed by atoms with Crippen molar-refractivity contribution in [2.24, 2.45) is 0 Å². The van der Waals surface area contributed by atoms with Crippen LogP contribution in [0.5, 0.6) is 5.75 Å². The Kier molecular flexibility index (Phi) is 9.49. The van der Waals surface area contributed by atoms with Gasteiger partial charge in [0.25, 0.3) is 15.9 Å². The van der Waals surface area contributed by atoms with E-state index >= 15 is 0 Å². The maximum Gasteiger partial charge on any atom is 0.411 e. The van der Waals surface area contributed by atoms with Gasteiger partial charge >= 0.3 is 6.09 Å². The van der Waals surface area contributed by atoms with Gasteiger partial charge in [-0.15, -0.1) is 0 Å². The van der Waals surface area contributed by atoms with Crippen molar-refractivity contribution in [3.8, 4) is 17.7 Å². The van der Waals surface area contributed by atoms with Gasteiger partial charge in [-0.3, -0.25) is 10.1 Å². The van der Waals surface area contributed by atoms with E-state index in [2.05, 4.69) is 22.3 Å². The van der Waals surface area contributed by atoms with E-state index in [1.54, 1.807) is 30.3 Å². The fourth-order valence-electron chi connectivity index (χ4n) is 6.53. The zero-order valence-electron chi connectivity index (χ0n) is 27.0. The predicted octanol–water partition coefficient (Wildman–Crippen LogP) is 6.92. The molecule has 2 saturated carbocycles. The molecule has 0 bridgehead atoms. The number of aromatic amines is 1. The summed E-state index contributed by atoms with van der Waals surface area (Å²) in [5, 5.41) is 14.6. The first-order valence-electron chi connectivity index (χ1n) is 16.2. The van der Waals surface area contributed by atoms with Crippen LogP contribution in [0.15, 0.2) is 77.8 Å². The monoisotopic (exact) mass is 669 g/mol. The molecule has 3 aromatic carbocycles. The number of anilines is 1. The molecule has 11 heteroatoms. The van der Waals surface area contributed by atoms with E-state index in [-0.39, 0.29) is 22.5 Å². The third-order valence-corrected chi connectivity index (χ3v) is 10.8. The second-order valence-electron chi connectivity index (χ2n) is 12.5. The third-order valence-electron chi connectivity index (χ3n) is 9.24. The summed E-state index contributed by atoms with van der Waals surface area (Å²) in [5.41, 5.74) is 1.88. The first-order chi connectivity index (χ1) is 23.1. The number of hydrogen-bond acceptors (Lipinski definition) is 7. The van der Waals surface area contributed by atoms with E-state index < -0.39 is 27.6 Å². The molecule has 250 valence electrons. The van der Waals surface area contributed by atoms with E-state index in [4.69, 9.17) is 9.47 Å². The summed E-state index contributed by atoms with van der Waals surface area (Å²) in [6, 6.07) is 20.5. The predicted molar refractivity (Wildman–Crippen MR) is 182 cm³/mol. The number of H-pyrrole nitrogens is 1. The number of amides is 2. The molecule has 10 nitrogen and oxygen atoms in total. The summed E-state index contributed by atoms with van der Waals surface area (Å²) in [5.74, 6) is 1.97. The Balaban J connectivity index is 1.29. The molecule has 2 amide bonds. The van der Waals surface area contributed by atoms with Crippen molar-refractivity contribution in [2.45, 2.75) is 80.8 Å². The number of nitrogens with one attached hydrogen (secondary N) is 2. The smallest absolute Gasteiger partial charge is 0.411 e. The van der Waals surface area contributed by atoms with Crippen LogP contribution in [0.1, 0.15) is 85.7 Å². The standard InChI is InChI=1S/C37H39N3O7S/c1-25(32-24-38-33-17-15-27(23-31(32)33)39-36(42)47-28-10-6-7-11-28)30-16-14-26(22-34(30)46-2)35(41)40(21-20-37(43)18-8-9-19-37)48(44,45)29-12-4-3-5-13-29/h3-5,12-17,22-25,28,38,43H,6-11,18-19H2,1-2H3,(H,39,42). The molecule has 0 radical (unpaired) electrons.